The predicted octanol–water partition coefficient (Wildman–Crippen LogP) is 1.84. The molecule has 0 saturated carbocycles. The Hall–Kier alpha value is -1.92. The second-order valence-electron chi connectivity index (χ2n) is 5.77. The summed E-state index contributed by atoms with van der Waals surface area (Å²) < 4.78 is 5.15. The normalized spacial score (nSPS) is 14.8. The average molecular weight is 323 g/mol. The summed E-state index contributed by atoms with van der Waals surface area (Å²) in [5.41, 5.74) is 1.04. The molecule has 7 heteroatoms. The van der Waals surface area contributed by atoms with Crippen molar-refractivity contribution in [3.05, 3.63) is 47.6 Å². The Morgan fingerprint density at radius 2 is 2.18 bits per heavy atom. The van der Waals surface area contributed by atoms with E-state index in [1.807, 2.05) is 32.0 Å². The van der Waals surface area contributed by atoms with Crippen LogP contribution < -0.4 is 10.6 Å². The Morgan fingerprint density at radius 3 is 2.77 bits per heavy atom. The van der Waals surface area contributed by atoms with E-state index in [1.165, 1.54) is 0 Å². The second-order valence-corrected chi connectivity index (χ2v) is 5.77. The molecule has 1 fully saturated rings. The zero-order chi connectivity index (χ0) is 14.9. The predicted molar refractivity (Wildman–Crippen MR) is 84.1 cm³/mol. The zero-order valence-corrected chi connectivity index (χ0v) is 13.3. The first-order chi connectivity index (χ1) is 10.1. The molecule has 0 atom stereocenters. The van der Waals surface area contributed by atoms with Crippen LogP contribution in [0, 0.1) is 0 Å². The Balaban J connectivity index is 0.00000176. The van der Waals surface area contributed by atoms with Crippen LogP contribution in [-0.4, -0.2) is 29.1 Å². The van der Waals surface area contributed by atoms with Crippen molar-refractivity contribution in [1.29, 1.82) is 0 Å². The molecule has 2 aromatic rings. The van der Waals surface area contributed by atoms with Crippen LogP contribution in [0.1, 0.15) is 41.7 Å². The lowest BCUT2D eigenvalue weighted by Crippen LogP contribution is -2.41. The molecule has 22 heavy (non-hydrogen) atoms. The highest BCUT2D eigenvalue weighted by atomic mass is 35.5. The molecule has 0 unspecified atom stereocenters. The van der Waals surface area contributed by atoms with Crippen molar-refractivity contribution in [2.24, 2.45) is 0 Å². The van der Waals surface area contributed by atoms with Crippen LogP contribution in [0.3, 0.4) is 0 Å². The molecule has 1 saturated heterocycles. The molecular weight excluding hydrogens is 304 g/mol. The first-order valence-electron chi connectivity index (χ1n) is 6.97. The fourth-order valence-corrected chi connectivity index (χ4v) is 2.23. The van der Waals surface area contributed by atoms with Gasteiger partial charge in [0.25, 0.3) is 5.91 Å². The van der Waals surface area contributed by atoms with Gasteiger partial charge >= 0.3 is 0 Å². The molecule has 0 spiro atoms. The highest BCUT2D eigenvalue weighted by Crippen LogP contribution is 2.21. The van der Waals surface area contributed by atoms with E-state index in [0.717, 1.165) is 24.5 Å². The maximum absolute atomic E-state index is 12.3. The Kier molecular flexibility index (Phi) is 4.83. The third-order valence-electron chi connectivity index (χ3n) is 3.68. The van der Waals surface area contributed by atoms with Crippen molar-refractivity contribution < 1.29 is 9.32 Å². The molecule has 2 aromatic heterocycles. The van der Waals surface area contributed by atoms with E-state index in [9.17, 15) is 4.79 Å². The van der Waals surface area contributed by atoms with Crippen LogP contribution >= 0.6 is 12.4 Å². The number of pyridine rings is 1. The molecule has 0 aromatic carbocycles. The summed E-state index contributed by atoms with van der Waals surface area (Å²) in [6.45, 7) is 5.57. The number of carbonyl (C=O) groups is 1. The van der Waals surface area contributed by atoms with Crippen LogP contribution in [0.2, 0.25) is 0 Å². The van der Waals surface area contributed by atoms with Gasteiger partial charge in [0.1, 0.15) is 0 Å². The SMILES string of the molecule is CC(C)(NC(=O)c1cc(C2CNC2)no1)c1ccccn1.Cl. The minimum atomic E-state index is -0.580. The third-order valence-corrected chi connectivity index (χ3v) is 3.68. The monoisotopic (exact) mass is 322 g/mol. The highest BCUT2D eigenvalue weighted by molar-refractivity contribution is 5.92. The fourth-order valence-electron chi connectivity index (χ4n) is 2.23. The molecular formula is C15H19ClN4O2. The van der Waals surface area contributed by atoms with E-state index in [-0.39, 0.29) is 24.1 Å². The van der Waals surface area contributed by atoms with Crippen LogP contribution in [0.15, 0.2) is 35.0 Å². The summed E-state index contributed by atoms with van der Waals surface area (Å²) >= 11 is 0. The minimum Gasteiger partial charge on any atom is -0.351 e. The molecule has 1 amide bonds. The van der Waals surface area contributed by atoms with E-state index < -0.39 is 5.54 Å². The number of halogens is 1. The standard InChI is InChI=1S/C15H18N4O2.ClH/c1-15(2,13-5-3-4-6-17-13)18-14(20)12-7-11(19-21-12)10-8-16-9-10;/h3-7,10,16H,8-9H2,1-2H3,(H,18,20);1H. The van der Waals surface area contributed by atoms with Crippen molar-refractivity contribution in [3.63, 3.8) is 0 Å². The number of nitrogens with zero attached hydrogens (tertiary/aromatic N) is 2. The maximum atomic E-state index is 12.3. The smallest absolute Gasteiger partial charge is 0.290 e. The number of nitrogens with one attached hydrogen (secondary N) is 2. The van der Waals surface area contributed by atoms with Gasteiger partial charge in [0.15, 0.2) is 0 Å². The molecule has 0 aliphatic carbocycles. The Bertz CT molecular complexity index is 638. The lowest BCUT2D eigenvalue weighted by atomic mass is 9.98. The number of rotatable bonds is 4. The van der Waals surface area contributed by atoms with Crippen LogP contribution in [-0.2, 0) is 5.54 Å². The van der Waals surface area contributed by atoms with Crippen LogP contribution in [0.25, 0.3) is 0 Å². The zero-order valence-electron chi connectivity index (χ0n) is 12.5. The van der Waals surface area contributed by atoms with Gasteiger partial charge in [-0.2, -0.15) is 0 Å². The van der Waals surface area contributed by atoms with Crippen molar-refractivity contribution in [1.82, 2.24) is 20.8 Å². The van der Waals surface area contributed by atoms with Gasteiger partial charge in [0, 0.05) is 31.3 Å². The first kappa shape index (κ1) is 16.5. The van der Waals surface area contributed by atoms with Gasteiger partial charge < -0.3 is 15.2 Å². The number of hydrogen-bond donors (Lipinski definition) is 2. The van der Waals surface area contributed by atoms with Gasteiger partial charge in [-0.15, -0.1) is 12.4 Å². The molecule has 118 valence electrons. The van der Waals surface area contributed by atoms with Gasteiger partial charge in [0.05, 0.1) is 16.9 Å². The second kappa shape index (κ2) is 6.46. The summed E-state index contributed by atoms with van der Waals surface area (Å²) in [7, 11) is 0. The summed E-state index contributed by atoms with van der Waals surface area (Å²) in [5, 5.41) is 10.1. The number of carbonyl (C=O) groups excluding carboxylic acids is 1. The van der Waals surface area contributed by atoms with Crippen molar-refractivity contribution in [2.45, 2.75) is 25.3 Å². The van der Waals surface area contributed by atoms with E-state index in [0.29, 0.717) is 5.92 Å². The van der Waals surface area contributed by atoms with E-state index >= 15 is 0 Å². The van der Waals surface area contributed by atoms with Crippen molar-refractivity contribution >= 4 is 18.3 Å². The first-order valence-corrected chi connectivity index (χ1v) is 6.97. The lowest BCUT2D eigenvalue weighted by Gasteiger charge is -2.25. The molecule has 1 aliphatic rings. The fraction of sp³-hybridized carbons (Fsp3) is 0.400. The molecule has 3 heterocycles. The molecule has 6 nitrogen and oxygen atoms in total. The number of aromatic nitrogens is 2. The Labute approximate surface area is 135 Å². The van der Waals surface area contributed by atoms with E-state index in [1.54, 1.807) is 12.3 Å². The maximum Gasteiger partial charge on any atom is 0.290 e. The van der Waals surface area contributed by atoms with Crippen LogP contribution in [0.4, 0.5) is 0 Å². The van der Waals surface area contributed by atoms with Gasteiger partial charge in [-0.3, -0.25) is 9.78 Å². The van der Waals surface area contributed by atoms with Crippen LogP contribution in [0.5, 0.6) is 0 Å². The minimum absolute atomic E-state index is 0. The van der Waals surface area contributed by atoms with Crippen molar-refractivity contribution in [3.8, 4) is 0 Å². The molecule has 0 bridgehead atoms. The molecule has 1 aliphatic heterocycles. The van der Waals surface area contributed by atoms with E-state index in [2.05, 4.69) is 20.8 Å². The van der Waals surface area contributed by atoms with Crippen molar-refractivity contribution in [2.75, 3.05) is 13.1 Å². The summed E-state index contributed by atoms with van der Waals surface area (Å²) in [4.78, 5) is 16.6. The largest absolute Gasteiger partial charge is 0.351 e. The van der Waals surface area contributed by atoms with Gasteiger partial charge in [-0.25, -0.2) is 0 Å². The van der Waals surface area contributed by atoms with Gasteiger partial charge in [0.2, 0.25) is 5.76 Å². The van der Waals surface area contributed by atoms with Gasteiger partial charge in [-0.1, -0.05) is 11.2 Å². The summed E-state index contributed by atoms with van der Waals surface area (Å²) in [6.07, 6.45) is 1.71. The topological polar surface area (TPSA) is 80.0 Å². The Morgan fingerprint density at radius 1 is 1.41 bits per heavy atom. The molecule has 2 N–H and O–H groups in total. The third kappa shape index (κ3) is 3.28. The molecule has 0 radical (unpaired) electrons. The summed E-state index contributed by atoms with van der Waals surface area (Å²) in [6, 6.07) is 7.34. The highest BCUT2D eigenvalue weighted by Gasteiger charge is 2.28. The molecule has 3 rings (SSSR count). The quantitative estimate of drug-likeness (QED) is 0.898. The number of amides is 1. The average Bonchev–Trinajstić information content (AvgIpc) is 2.87. The number of hydrogen-bond acceptors (Lipinski definition) is 5. The lowest BCUT2D eigenvalue weighted by molar-refractivity contribution is 0.0872. The van der Waals surface area contributed by atoms with Gasteiger partial charge in [-0.05, 0) is 26.0 Å². The summed E-state index contributed by atoms with van der Waals surface area (Å²) in [5.74, 6) is 0.302. The van der Waals surface area contributed by atoms with E-state index in [4.69, 9.17) is 4.52 Å².